The first-order valence-corrected chi connectivity index (χ1v) is 8.69. The van der Waals surface area contributed by atoms with E-state index in [0.29, 0.717) is 13.1 Å². The van der Waals surface area contributed by atoms with Crippen LogP contribution < -0.4 is 16.0 Å². The molecule has 1 aliphatic rings. The zero-order valence-corrected chi connectivity index (χ0v) is 13.6. The summed E-state index contributed by atoms with van der Waals surface area (Å²) in [6, 6.07) is 5.82. The van der Waals surface area contributed by atoms with E-state index in [1.165, 1.54) is 18.2 Å². The van der Waals surface area contributed by atoms with Gasteiger partial charge in [-0.2, -0.15) is 4.31 Å². The average Bonchev–Trinajstić information content (AvgIpc) is 2.55. The predicted molar refractivity (Wildman–Crippen MR) is 84.5 cm³/mol. The second-order valence-corrected chi connectivity index (χ2v) is 7.01. The van der Waals surface area contributed by atoms with Crippen LogP contribution in [0, 0.1) is 0 Å². The number of nitrogens with zero attached hydrogens (tertiary/aromatic N) is 1. The highest BCUT2D eigenvalue weighted by atomic mass is 32.2. The molecule has 0 aromatic heterocycles. The highest BCUT2D eigenvalue weighted by Crippen LogP contribution is 2.17. The Hall–Kier alpha value is -1.97. The van der Waals surface area contributed by atoms with Gasteiger partial charge in [-0.05, 0) is 25.2 Å². The van der Waals surface area contributed by atoms with Gasteiger partial charge in [0.05, 0.1) is 11.4 Å². The molecule has 0 radical (unpaired) electrons. The summed E-state index contributed by atoms with van der Waals surface area (Å²) < 4.78 is 26.3. The molecular weight excluding hydrogens is 320 g/mol. The van der Waals surface area contributed by atoms with Crippen LogP contribution in [0.25, 0.3) is 0 Å². The molecule has 3 N–H and O–H groups in total. The fourth-order valence-electron chi connectivity index (χ4n) is 2.17. The first kappa shape index (κ1) is 17.4. The smallest absolute Gasteiger partial charge is 0.251 e. The number of benzene rings is 1. The highest BCUT2D eigenvalue weighted by Gasteiger charge is 2.29. The third-order valence-electron chi connectivity index (χ3n) is 3.40. The molecule has 1 fully saturated rings. The van der Waals surface area contributed by atoms with Crippen LogP contribution >= 0.6 is 0 Å². The molecule has 0 atom stereocenters. The Labute approximate surface area is 135 Å². The summed E-state index contributed by atoms with van der Waals surface area (Å²) in [7, 11) is -2.02. The lowest BCUT2D eigenvalue weighted by molar-refractivity contribution is -0.122. The van der Waals surface area contributed by atoms with E-state index < -0.39 is 10.0 Å². The maximum absolute atomic E-state index is 12.6. The van der Waals surface area contributed by atoms with Gasteiger partial charge in [0, 0.05) is 31.7 Å². The molecule has 1 saturated heterocycles. The quantitative estimate of drug-likeness (QED) is 0.561. The summed E-state index contributed by atoms with van der Waals surface area (Å²) in [6.45, 7) is 1.35. The molecule has 1 aromatic rings. The average molecular weight is 340 g/mol. The van der Waals surface area contributed by atoms with Crippen LogP contribution in [0.4, 0.5) is 0 Å². The molecule has 8 nitrogen and oxygen atoms in total. The molecule has 0 aliphatic carbocycles. The van der Waals surface area contributed by atoms with Crippen molar-refractivity contribution in [2.45, 2.75) is 4.90 Å². The fourth-order valence-corrected chi connectivity index (χ4v) is 3.61. The van der Waals surface area contributed by atoms with Crippen LogP contribution in [-0.4, -0.2) is 64.3 Å². The van der Waals surface area contributed by atoms with E-state index >= 15 is 0 Å². The third-order valence-corrected chi connectivity index (χ3v) is 5.24. The lowest BCUT2D eigenvalue weighted by atomic mass is 10.2. The summed E-state index contributed by atoms with van der Waals surface area (Å²) in [6.07, 6.45) is 0. The Morgan fingerprint density at radius 2 is 2.13 bits per heavy atom. The van der Waals surface area contributed by atoms with E-state index in [2.05, 4.69) is 16.0 Å². The van der Waals surface area contributed by atoms with Gasteiger partial charge < -0.3 is 16.0 Å². The molecule has 2 amide bonds. The number of rotatable bonds is 6. The minimum Gasteiger partial charge on any atom is -0.354 e. The van der Waals surface area contributed by atoms with Crippen molar-refractivity contribution >= 4 is 21.8 Å². The van der Waals surface area contributed by atoms with Crippen molar-refractivity contribution in [2.24, 2.45) is 0 Å². The number of amides is 2. The molecule has 23 heavy (non-hydrogen) atoms. The zero-order valence-electron chi connectivity index (χ0n) is 12.8. The van der Waals surface area contributed by atoms with E-state index in [9.17, 15) is 18.0 Å². The second-order valence-electron chi connectivity index (χ2n) is 5.08. The molecule has 0 spiro atoms. The van der Waals surface area contributed by atoms with Gasteiger partial charge in [0.15, 0.2) is 0 Å². The molecule has 126 valence electrons. The van der Waals surface area contributed by atoms with Crippen molar-refractivity contribution < 1.29 is 18.0 Å². The predicted octanol–water partition coefficient (Wildman–Crippen LogP) is -1.24. The van der Waals surface area contributed by atoms with Crippen molar-refractivity contribution in [3.05, 3.63) is 29.8 Å². The van der Waals surface area contributed by atoms with E-state index in [1.807, 2.05) is 0 Å². The Kier molecular flexibility index (Phi) is 5.69. The number of carbonyl (C=O) groups excluding carboxylic acids is 2. The summed E-state index contributed by atoms with van der Waals surface area (Å²) in [4.78, 5) is 23.4. The largest absolute Gasteiger partial charge is 0.354 e. The number of sulfonamides is 1. The lowest BCUT2D eigenvalue weighted by Crippen LogP contribution is -2.49. The topological polar surface area (TPSA) is 108 Å². The summed E-state index contributed by atoms with van der Waals surface area (Å²) in [5.41, 5.74) is 0.267. The van der Waals surface area contributed by atoms with Crippen molar-refractivity contribution in [3.8, 4) is 0 Å². The number of hydrogen-bond acceptors (Lipinski definition) is 5. The van der Waals surface area contributed by atoms with Crippen LogP contribution in [0.15, 0.2) is 29.2 Å². The van der Waals surface area contributed by atoms with Crippen LogP contribution in [0.1, 0.15) is 10.4 Å². The molecular formula is C14H20N4O4S. The Morgan fingerprint density at radius 1 is 1.35 bits per heavy atom. The lowest BCUT2D eigenvalue weighted by Gasteiger charge is -2.26. The van der Waals surface area contributed by atoms with E-state index in [1.54, 1.807) is 13.1 Å². The number of likely N-dealkylation sites (N-methyl/N-ethyl adjacent to an activating group) is 1. The molecule has 1 heterocycles. The number of nitrogens with one attached hydrogen (secondary N) is 3. The van der Waals surface area contributed by atoms with Crippen molar-refractivity contribution in [2.75, 3.05) is 39.8 Å². The van der Waals surface area contributed by atoms with Crippen LogP contribution in [-0.2, 0) is 14.8 Å². The molecule has 0 saturated carbocycles. The number of carbonyl (C=O) groups is 2. The molecule has 9 heteroatoms. The second kappa shape index (κ2) is 7.53. The highest BCUT2D eigenvalue weighted by molar-refractivity contribution is 7.89. The van der Waals surface area contributed by atoms with Gasteiger partial charge in [-0.1, -0.05) is 6.07 Å². The van der Waals surface area contributed by atoms with E-state index in [-0.39, 0.29) is 41.9 Å². The molecule has 0 bridgehead atoms. The van der Waals surface area contributed by atoms with Gasteiger partial charge in [-0.3, -0.25) is 9.59 Å². The summed E-state index contributed by atoms with van der Waals surface area (Å²) in [5, 5.41) is 8.17. The molecule has 0 unspecified atom stereocenters. The Morgan fingerprint density at radius 3 is 2.83 bits per heavy atom. The van der Waals surface area contributed by atoms with Crippen LogP contribution in [0.5, 0.6) is 0 Å². The molecule has 1 aromatic carbocycles. The van der Waals surface area contributed by atoms with Crippen LogP contribution in [0.3, 0.4) is 0 Å². The third kappa shape index (κ3) is 4.27. The van der Waals surface area contributed by atoms with E-state index in [0.717, 1.165) is 4.31 Å². The van der Waals surface area contributed by atoms with Gasteiger partial charge in [-0.25, -0.2) is 8.42 Å². The van der Waals surface area contributed by atoms with E-state index in [4.69, 9.17) is 0 Å². The first-order chi connectivity index (χ1) is 10.9. The normalized spacial score (nSPS) is 16.0. The van der Waals surface area contributed by atoms with Gasteiger partial charge in [-0.15, -0.1) is 0 Å². The number of hydrogen-bond donors (Lipinski definition) is 3. The fraction of sp³-hybridized carbons (Fsp3) is 0.429. The van der Waals surface area contributed by atoms with Crippen molar-refractivity contribution in [3.63, 3.8) is 0 Å². The Balaban J connectivity index is 2.18. The van der Waals surface area contributed by atoms with Gasteiger partial charge in [0.2, 0.25) is 15.9 Å². The van der Waals surface area contributed by atoms with Crippen LogP contribution in [0.2, 0.25) is 0 Å². The maximum atomic E-state index is 12.6. The van der Waals surface area contributed by atoms with Crippen molar-refractivity contribution in [1.29, 1.82) is 0 Å². The minimum atomic E-state index is -3.80. The summed E-state index contributed by atoms with van der Waals surface area (Å²) in [5.74, 6) is -0.672. The first-order valence-electron chi connectivity index (χ1n) is 7.25. The SMILES string of the molecule is CNCCNC(=O)c1cccc(S(=O)(=O)N2CCNC(=O)C2)c1. The molecule has 1 aliphatic heterocycles. The monoisotopic (exact) mass is 340 g/mol. The summed E-state index contributed by atoms with van der Waals surface area (Å²) >= 11 is 0. The van der Waals surface area contributed by atoms with Crippen molar-refractivity contribution in [1.82, 2.24) is 20.3 Å². The molecule has 2 rings (SSSR count). The van der Waals surface area contributed by atoms with Gasteiger partial charge >= 0.3 is 0 Å². The Bertz CT molecular complexity index is 690. The number of piperazine rings is 1. The zero-order chi connectivity index (χ0) is 16.9. The van der Waals surface area contributed by atoms with Gasteiger partial charge in [0.1, 0.15) is 0 Å². The van der Waals surface area contributed by atoms with Gasteiger partial charge in [0.25, 0.3) is 5.91 Å². The minimum absolute atomic E-state index is 0.00784. The maximum Gasteiger partial charge on any atom is 0.251 e. The standard InChI is InChI=1S/C14H20N4O4S/c1-15-5-6-17-14(20)11-3-2-4-12(9-11)23(21,22)18-8-7-16-13(19)10-18/h2-4,9,15H,5-8,10H2,1H3,(H,16,19)(H,17,20).